The van der Waals surface area contributed by atoms with E-state index < -0.39 is 16.1 Å². The Morgan fingerprint density at radius 2 is 1.52 bits per heavy atom. The molecule has 0 unspecified atom stereocenters. The first-order valence-corrected chi connectivity index (χ1v) is 18.7. The molecular formula is C40H42N4O7S. The largest absolute Gasteiger partial charge is 0.493 e. The molecule has 5 aromatic carbocycles. The zero-order chi connectivity index (χ0) is 36.1. The second-order valence-corrected chi connectivity index (χ2v) is 14.4. The highest BCUT2D eigenvalue weighted by molar-refractivity contribution is 7.92. The number of rotatable bonds is 14. The summed E-state index contributed by atoms with van der Waals surface area (Å²) in [4.78, 5) is 5.85. The molecule has 52 heavy (non-hydrogen) atoms. The van der Waals surface area contributed by atoms with Gasteiger partial charge in [-0.1, -0.05) is 24.3 Å². The summed E-state index contributed by atoms with van der Waals surface area (Å²) in [5, 5.41) is 16.3. The lowest BCUT2D eigenvalue weighted by Gasteiger charge is -2.34. The molecule has 0 saturated carbocycles. The number of benzene rings is 5. The maximum absolute atomic E-state index is 13.0. The number of ether oxygens (including phenoxy) is 4. The van der Waals surface area contributed by atoms with E-state index in [1.807, 2.05) is 66.7 Å². The summed E-state index contributed by atoms with van der Waals surface area (Å²) in [6.45, 7) is 2.20. The third kappa shape index (κ3) is 7.89. The number of aliphatic hydroxyl groups is 1. The van der Waals surface area contributed by atoms with Gasteiger partial charge in [-0.05, 0) is 91.7 Å². The Balaban J connectivity index is 0.845. The smallest absolute Gasteiger partial charge is 0.261 e. The maximum atomic E-state index is 13.0. The second-order valence-electron chi connectivity index (χ2n) is 12.7. The predicted octanol–water partition coefficient (Wildman–Crippen LogP) is 6.93. The van der Waals surface area contributed by atoms with Crippen molar-refractivity contribution in [1.82, 2.24) is 10.3 Å². The SMILES string of the molecule is COc1ccc(NS(=O)(=O)c2ccc(N3CCC(NC[C@H](O)COc4ccc(Oc5cccc6[nH]c7ccccc7c56)cc4)CC3)cc2)cc1OC. The van der Waals surface area contributed by atoms with Gasteiger partial charge in [0, 0.05) is 48.3 Å². The van der Waals surface area contributed by atoms with Crippen LogP contribution in [0.2, 0.25) is 0 Å². The van der Waals surface area contributed by atoms with E-state index in [4.69, 9.17) is 18.9 Å². The molecule has 1 aliphatic rings. The van der Waals surface area contributed by atoms with Crippen LogP contribution in [0.25, 0.3) is 21.8 Å². The van der Waals surface area contributed by atoms with Crippen LogP contribution in [0.5, 0.6) is 28.7 Å². The third-order valence-electron chi connectivity index (χ3n) is 9.27. The van der Waals surface area contributed by atoms with Crippen molar-refractivity contribution in [3.05, 3.63) is 109 Å². The van der Waals surface area contributed by atoms with Crippen LogP contribution in [-0.2, 0) is 10.0 Å². The van der Waals surface area contributed by atoms with Crippen LogP contribution in [0.4, 0.5) is 11.4 Å². The van der Waals surface area contributed by atoms with Crippen LogP contribution < -0.4 is 33.9 Å². The zero-order valence-corrected chi connectivity index (χ0v) is 29.9. The molecule has 0 spiro atoms. The van der Waals surface area contributed by atoms with E-state index in [0.717, 1.165) is 59.2 Å². The maximum Gasteiger partial charge on any atom is 0.261 e. The molecule has 1 fully saturated rings. The molecule has 2 heterocycles. The number of sulfonamides is 1. The minimum absolute atomic E-state index is 0.164. The fourth-order valence-corrected chi connectivity index (χ4v) is 7.58. The Morgan fingerprint density at radius 3 is 2.27 bits per heavy atom. The summed E-state index contributed by atoms with van der Waals surface area (Å²) in [6, 6.07) is 33.6. The van der Waals surface area contributed by atoms with Crippen molar-refractivity contribution in [3.8, 4) is 28.7 Å². The van der Waals surface area contributed by atoms with Gasteiger partial charge in [-0.3, -0.25) is 4.72 Å². The molecule has 0 aliphatic carbocycles. The Kier molecular flexibility index (Phi) is 10.4. The summed E-state index contributed by atoms with van der Waals surface area (Å²) in [6.07, 6.45) is 1.11. The number of anilines is 2. The van der Waals surface area contributed by atoms with Gasteiger partial charge >= 0.3 is 0 Å². The first-order chi connectivity index (χ1) is 25.3. The number of aliphatic hydroxyl groups excluding tert-OH is 1. The number of aromatic amines is 1. The van der Waals surface area contributed by atoms with Gasteiger partial charge < -0.3 is 39.3 Å². The number of nitrogens with zero attached hydrogens (tertiary/aromatic N) is 1. The predicted molar refractivity (Wildman–Crippen MR) is 204 cm³/mol. The van der Waals surface area contributed by atoms with Crippen LogP contribution in [0.3, 0.4) is 0 Å². The first-order valence-electron chi connectivity index (χ1n) is 17.2. The lowest BCUT2D eigenvalue weighted by atomic mass is 10.0. The number of hydrogen-bond acceptors (Lipinski definition) is 9. The molecule has 0 bridgehead atoms. The fourth-order valence-electron chi connectivity index (χ4n) is 6.53. The lowest BCUT2D eigenvalue weighted by Crippen LogP contribution is -2.45. The number of methoxy groups -OCH3 is 2. The van der Waals surface area contributed by atoms with E-state index in [1.165, 1.54) is 14.2 Å². The number of aromatic nitrogens is 1. The Morgan fingerprint density at radius 1 is 0.808 bits per heavy atom. The molecule has 11 nitrogen and oxygen atoms in total. The van der Waals surface area contributed by atoms with E-state index in [2.05, 4.69) is 32.1 Å². The van der Waals surface area contributed by atoms with E-state index in [0.29, 0.717) is 35.2 Å². The highest BCUT2D eigenvalue weighted by Gasteiger charge is 2.22. The average Bonchev–Trinajstić information content (AvgIpc) is 3.56. The van der Waals surface area contributed by atoms with Crippen molar-refractivity contribution in [2.75, 3.05) is 50.1 Å². The summed E-state index contributed by atoms with van der Waals surface area (Å²) in [5.74, 6) is 3.08. The highest BCUT2D eigenvalue weighted by Crippen LogP contribution is 2.36. The van der Waals surface area contributed by atoms with Crippen molar-refractivity contribution in [2.24, 2.45) is 0 Å². The topological polar surface area (TPSA) is 134 Å². The number of H-pyrrole nitrogens is 1. The van der Waals surface area contributed by atoms with Gasteiger partial charge in [0.05, 0.1) is 35.7 Å². The molecule has 270 valence electrons. The normalized spacial score (nSPS) is 14.3. The number of fused-ring (bicyclic) bond motifs is 3. The summed E-state index contributed by atoms with van der Waals surface area (Å²) < 4.78 is 51.3. The van der Waals surface area contributed by atoms with Crippen molar-refractivity contribution < 1.29 is 32.5 Å². The number of hydrogen-bond donors (Lipinski definition) is 4. The van der Waals surface area contributed by atoms with Crippen LogP contribution in [-0.4, -0.2) is 71.1 Å². The Bertz CT molecular complexity index is 2230. The molecule has 12 heteroatoms. The number of nitrogens with one attached hydrogen (secondary N) is 3. The van der Waals surface area contributed by atoms with E-state index in [1.54, 1.807) is 30.3 Å². The molecule has 6 aromatic rings. The summed E-state index contributed by atoms with van der Waals surface area (Å²) >= 11 is 0. The molecule has 0 amide bonds. The van der Waals surface area contributed by atoms with Crippen molar-refractivity contribution in [1.29, 1.82) is 0 Å². The van der Waals surface area contributed by atoms with E-state index >= 15 is 0 Å². The summed E-state index contributed by atoms with van der Waals surface area (Å²) in [7, 11) is -0.770. The third-order valence-corrected chi connectivity index (χ3v) is 10.7. The number of para-hydroxylation sites is 1. The minimum atomic E-state index is -3.79. The zero-order valence-electron chi connectivity index (χ0n) is 29.0. The van der Waals surface area contributed by atoms with Crippen molar-refractivity contribution in [3.63, 3.8) is 0 Å². The van der Waals surface area contributed by atoms with Gasteiger partial charge in [0.25, 0.3) is 10.0 Å². The number of piperidine rings is 1. The van der Waals surface area contributed by atoms with E-state index in [9.17, 15) is 13.5 Å². The standard InChI is InChI=1S/C40H42N4O7S/c1-48-37-19-10-28(24-39(37)49-2)43-52(46,47)33-17-11-29(12-18-33)44-22-20-27(21-23-44)41-25-30(45)26-50-31-13-15-32(16-14-31)51-38-9-5-8-36-40(38)34-6-3-4-7-35(34)42-36/h3-19,24,27,30,41-43,45H,20-23,25-26H2,1-2H3/t30-/m0/s1. The molecule has 0 radical (unpaired) electrons. The Hall–Kier alpha value is -5.43. The quantitative estimate of drug-likeness (QED) is 0.0945. The van der Waals surface area contributed by atoms with E-state index in [-0.39, 0.29) is 17.5 Å². The van der Waals surface area contributed by atoms with Gasteiger partial charge in [-0.15, -0.1) is 0 Å². The first kappa shape index (κ1) is 35.0. The minimum Gasteiger partial charge on any atom is -0.493 e. The van der Waals surface area contributed by atoms with Gasteiger partial charge in [-0.2, -0.15) is 0 Å². The second kappa shape index (κ2) is 15.4. The molecule has 1 atom stereocenters. The van der Waals surface area contributed by atoms with Crippen LogP contribution >= 0.6 is 0 Å². The molecule has 4 N–H and O–H groups in total. The van der Waals surface area contributed by atoms with Gasteiger partial charge in [0.2, 0.25) is 0 Å². The summed E-state index contributed by atoms with van der Waals surface area (Å²) in [5.41, 5.74) is 3.43. The van der Waals surface area contributed by atoms with Gasteiger partial charge in [-0.25, -0.2) is 8.42 Å². The lowest BCUT2D eigenvalue weighted by molar-refractivity contribution is 0.102. The highest BCUT2D eigenvalue weighted by atomic mass is 32.2. The van der Waals surface area contributed by atoms with Gasteiger partial charge in [0.1, 0.15) is 30.0 Å². The molecule has 7 rings (SSSR count). The van der Waals surface area contributed by atoms with Crippen molar-refractivity contribution in [2.45, 2.75) is 29.9 Å². The van der Waals surface area contributed by atoms with Crippen LogP contribution in [0, 0.1) is 0 Å². The van der Waals surface area contributed by atoms with Crippen LogP contribution in [0.15, 0.2) is 114 Å². The Labute approximate surface area is 303 Å². The van der Waals surface area contributed by atoms with Crippen LogP contribution in [0.1, 0.15) is 12.8 Å². The molecule has 1 saturated heterocycles. The fraction of sp³-hybridized carbons (Fsp3) is 0.250. The molecular weight excluding hydrogens is 681 g/mol. The molecule has 1 aromatic heterocycles. The average molecular weight is 723 g/mol. The van der Waals surface area contributed by atoms with Gasteiger partial charge in [0.15, 0.2) is 11.5 Å². The monoisotopic (exact) mass is 722 g/mol. The molecule has 1 aliphatic heterocycles. The van der Waals surface area contributed by atoms with Crippen molar-refractivity contribution >= 4 is 43.2 Å².